The Balaban J connectivity index is 1.87. The number of anilines is 2. The van der Waals surface area contributed by atoms with Gasteiger partial charge in [-0.25, -0.2) is 4.79 Å². The van der Waals surface area contributed by atoms with Crippen LogP contribution < -0.4 is 10.6 Å². The fourth-order valence-corrected chi connectivity index (χ4v) is 2.22. The molecule has 2 N–H and O–H groups in total. The van der Waals surface area contributed by atoms with E-state index in [1.165, 1.54) is 6.92 Å². The van der Waals surface area contributed by atoms with Gasteiger partial charge in [-0.15, -0.1) is 0 Å². The molecule has 0 heterocycles. The molecule has 0 aliphatic carbocycles. The monoisotopic (exact) mass is 342 g/mol. The lowest BCUT2D eigenvalue weighted by Gasteiger charge is -2.08. The van der Waals surface area contributed by atoms with Crippen molar-refractivity contribution in [3.05, 3.63) is 59.7 Å². The largest absolute Gasteiger partial charge is 0.447 e. The molecule has 2 aromatic carbocycles. The highest BCUT2D eigenvalue weighted by atomic mass is 16.6. The zero-order valence-corrected chi connectivity index (χ0v) is 14.4. The predicted molar refractivity (Wildman–Crippen MR) is 96.8 cm³/mol. The normalized spacial score (nSPS) is 10.2. The molecule has 132 valence electrons. The van der Waals surface area contributed by atoms with E-state index < -0.39 is 6.09 Å². The molecule has 0 atom stereocenters. The van der Waals surface area contributed by atoms with Crippen molar-refractivity contribution < 1.29 is 19.1 Å². The predicted octanol–water partition coefficient (Wildman–Crippen LogP) is 3.43. The number of amides is 2. The Morgan fingerprint density at radius 1 is 0.840 bits per heavy atom. The molecule has 6 nitrogen and oxygen atoms in total. The second kappa shape index (κ2) is 9.44. The smallest absolute Gasteiger partial charge is 0.411 e. The van der Waals surface area contributed by atoms with Gasteiger partial charge in [-0.05, 0) is 41.8 Å². The number of hydrogen-bond donors (Lipinski definition) is 2. The van der Waals surface area contributed by atoms with Gasteiger partial charge in [-0.1, -0.05) is 24.3 Å². The molecule has 0 saturated carbocycles. The van der Waals surface area contributed by atoms with E-state index in [0.29, 0.717) is 12.3 Å². The molecule has 0 aliphatic heterocycles. The minimum absolute atomic E-state index is 0.0865. The third-order valence-corrected chi connectivity index (χ3v) is 3.40. The third kappa shape index (κ3) is 6.64. The fraction of sp³-hybridized carbons (Fsp3) is 0.263. The van der Waals surface area contributed by atoms with Crippen LogP contribution in [0.15, 0.2) is 48.5 Å². The highest BCUT2D eigenvalue weighted by molar-refractivity contribution is 5.88. The maximum atomic E-state index is 11.6. The summed E-state index contributed by atoms with van der Waals surface area (Å²) in [5.74, 6) is -0.0865. The van der Waals surface area contributed by atoms with Crippen molar-refractivity contribution in [1.82, 2.24) is 0 Å². The van der Waals surface area contributed by atoms with Crippen LogP contribution in [0.5, 0.6) is 0 Å². The Labute approximate surface area is 147 Å². The van der Waals surface area contributed by atoms with Crippen LogP contribution in [-0.2, 0) is 20.7 Å². The summed E-state index contributed by atoms with van der Waals surface area (Å²) in [6.07, 6.45) is 0.261. The zero-order chi connectivity index (χ0) is 18.1. The SMILES string of the molecule is COCCOC(=O)Nc1ccc(Cc2ccc(NC(C)=O)cc2)cc1. The van der Waals surface area contributed by atoms with Gasteiger partial charge >= 0.3 is 6.09 Å². The molecule has 25 heavy (non-hydrogen) atoms. The summed E-state index contributed by atoms with van der Waals surface area (Å²) in [5, 5.41) is 5.40. The summed E-state index contributed by atoms with van der Waals surface area (Å²) in [4.78, 5) is 22.6. The van der Waals surface area contributed by atoms with E-state index >= 15 is 0 Å². The summed E-state index contributed by atoms with van der Waals surface area (Å²) in [7, 11) is 1.55. The van der Waals surface area contributed by atoms with Crippen LogP contribution in [-0.4, -0.2) is 32.3 Å². The van der Waals surface area contributed by atoms with Crippen molar-refractivity contribution in [1.29, 1.82) is 0 Å². The fourth-order valence-electron chi connectivity index (χ4n) is 2.22. The number of benzene rings is 2. The summed E-state index contributed by atoms with van der Waals surface area (Å²) in [6, 6.07) is 15.3. The standard InChI is InChI=1S/C19H22N2O4/c1-14(22)20-17-7-3-15(4-8-17)13-16-5-9-18(10-6-16)21-19(23)25-12-11-24-2/h3-10H,11-13H2,1-2H3,(H,20,22)(H,21,23). The van der Waals surface area contributed by atoms with Crippen LogP contribution in [0.25, 0.3) is 0 Å². The number of hydrogen-bond acceptors (Lipinski definition) is 4. The Morgan fingerprint density at radius 2 is 1.36 bits per heavy atom. The Bertz CT molecular complexity index is 696. The molecule has 0 aromatic heterocycles. The van der Waals surface area contributed by atoms with Crippen molar-refractivity contribution in [3.63, 3.8) is 0 Å². The molecule has 0 saturated heterocycles. The lowest BCUT2D eigenvalue weighted by atomic mass is 10.0. The highest BCUT2D eigenvalue weighted by Gasteiger charge is 2.03. The van der Waals surface area contributed by atoms with Crippen LogP contribution in [0.1, 0.15) is 18.1 Å². The molecule has 6 heteroatoms. The second-order valence-electron chi connectivity index (χ2n) is 5.51. The molecule has 0 bridgehead atoms. The van der Waals surface area contributed by atoms with Crippen molar-refractivity contribution in [2.75, 3.05) is 31.0 Å². The van der Waals surface area contributed by atoms with Crippen molar-refractivity contribution in [3.8, 4) is 0 Å². The first-order chi connectivity index (χ1) is 12.1. The maximum absolute atomic E-state index is 11.6. The van der Waals surface area contributed by atoms with E-state index in [4.69, 9.17) is 9.47 Å². The van der Waals surface area contributed by atoms with Crippen molar-refractivity contribution in [2.24, 2.45) is 0 Å². The molecule has 0 aliphatic rings. The minimum atomic E-state index is -0.502. The molecular weight excluding hydrogens is 320 g/mol. The van der Waals surface area contributed by atoms with E-state index in [9.17, 15) is 9.59 Å². The molecule has 0 spiro atoms. The van der Waals surface area contributed by atoms with Gasteiger partial charge in [0.05, 0.1) is 6.61 Å². The van der Waals surface area contributed by atoms with E-state index in [-0.39, 0.29) is 12.5 Å². The number of methoxy groups -OCH3 is 1. The molecule has 2 rings (SSSR count). The van der Waals surface area contributed by atoms with Crippen molar-refractivity contribution in [2.45, 2.75) is 13.3 Å². The van der Waals surface area contributed by atoms with Crippen molar-refractivity contribution >= 4 is 23.4 Å². The molecule has 2 amide bonds. The van der Waals surface area contributed by atoms with Gasteiger partial charge in [0.1, 0.15) is 6.61 Å². The minimum Gasteiger partial charge on any atom is -0.447 e. The van der Waals surface area contributed by atoms with Gasteiger partial charge in [0.15, 0.2) is 0 Å². The average molecular weight is 342 g/mol. The maximum Gasteiger partial charge on any atom is 0.411 e. The number of ether oxygens (including phenoxy) is 2. The Morgan fingerprint density at radius 3 is 1.84 bits per heavy atom. The number of carbonyl (C=O) groups excluding carboxylic acids is 2. The molecule has 2 aromatic rings. The summed E-state index contributed by atoms with van der Waals surface area (Å²) in [5.41, 5.74) is 3.70. The number of nitrogens with one attached hydrogen (secondary N) is 2. The van der Waals surface area contributed by atoms with Crippen LogP contribution in [0.4, 0.5) is 16.2 Å². The van der Waals surface area contributed by atoms with E-state index in [1.807, 2.05) is 48.5 Å². The van der Waals surface area contributed by atoms with Crippen LogP contribution in [0.2, 0.25) is 0 Å². The van der Waals surface area contributed by atoms with Gasteiger partial charge in [0.25, 0.3) is 0 Å². The van der Waals surface area contributed by atoms with Gasteiger partial charge in [0.2, 0.25) is 5.91 Å². The van der Waals surface area contributed by atoms with Crippen LogP contribution in [0.3, 0.4) is 0 Å². The number of carbonyl (C=O) groups is 2. The average Bonchev–Trinajstić information content (AvgIpc) is 2.58. The quantitative estimate of drug-likeness (QED) is 0.756. The van der Waals surface area contributed by atoms with Gasteiger partial charge in [-0.3, -0.25) is 10.1 Å². The van der Waals surface area contributed by atoms with Gasteiger partial charge in [-0.2, -0.15) is 0 Å². The summed E-state index contributed by atoms with van der Waals surface area (Å²) >= 11 is 0. The zero-order valence-electron chi connectivity index (χ0n) is 14.4. The molecular formula is C19H22N2O4. The lowest BCUT2D eigenvalue weighted by molar-refractivity contribution is -0.114. The van der Waals surface area contributed by atoms with E-state index in [1.54, 1.807) is 7.11 Å². The van der Waals surface area contributed by atoms with Gasteiger partial charge in [0, 0.05) is 25.4 Å². The second-order valence-corrected chi connectivity index (χ2v) is 5.51. The van der Waals surface area contributed by atoms with E-state index in [0.717, 1.165) is 23.2 Å². The highest BCUT2D eigenvalue weighted by Crippen LogP contribution is 2.16. The van der Waals surface area contributed by atoms with Gasteiger partial charge < -0.3 is 14.8 Å². The number of rotatable bonds is 7. The van der Waals surface area contributed by atoms with E-state index in [2.05, 4.69) is 10.6 Å². The lowest BCUT2D eigenvalue weighted by Crippen LogP contribution is -2.16. The topological polar surface area (TPSA) is 76.7 Å². The Hall–Kier alpha value is -2.86. The van der Waals surface area contributed by atoms with Crippen LogP contribution >= 0.6 is 0 Å². The Kier molecular flexibility index (Phi) is 6.98. The first-order valence-electron chi connectivity index (χ1n) is 7.95. The molecule has 0 fully saturated rings. The first kappa shape index (κ1) is 18.5. The van der Waals surface area contributed by atoms with Crippen LogP contribution in [0, 0.1) is 0 Å². The third-order valence-electron chi connectivity index (χ3n) is 3.40. The first-order valence-corrected chi connectivity index (χ1v) is 7.95. The summed E-state index contributed by atoms with van der Waals surface area (Å²) < 4.78 is 9.76. The summed E-state index contributed by atoms with van der Waals surface area (Å²) in [6.45, 7) is 2.07. The molecule has 0 radical (unpaired) electrons. The molecule has 0 unspecified atom stereocenters.